The topological polar surface area (TPSA) is 34.1 Å². The smallest absolute Gasteiger partial charge is 0.148 e. The minimum atomic E-state index is -0.580. The minimum absolute atomic E-state index is 0.0738. The molecule has 0 heterocycles. The van der Waals surface area contributed by atoms with E-state index < -0.39 is 5.92 Å². The van der Waals surface area contributed by atoms with Crippen LogP contribution in [0, 0.1) is 25.6 Å². The molecule has 0 N–H and O–H groups in total. The van der Waals surface area contributed by atoms with E-state index in [2.05, 4.69) is 26.0 Å². The molecular formula is C25H29FO2. The summed E-state index contributed by atoms with van der Waals surface area (Å²) in [6.45, 7) is 6.14. The first kappa shape index (κ1) is 20.4. The number of ketones is 2. The van der Waals surface area contributed by atoms with Crippen molar-refractivity contribution in [2.75, 3.05) is 0 Å². The predicted molar refractivity (Wildman–Crippen MR) is 110 cm³/mol. The molecule has 0 bridgehead atoms. The van der Waals surface area contributed by atoms with Gasteiger partial charge in [0.1, 0.15) is 23.3 Å². The zero-order chi connectivity index (χ0) is 20.3. The van der Waals surface area contributed by atoms with Gasteiger partial charge in [-0.15, -0.1) is 0 Å². The number of benzene rings is 2. The van der Waals surface area contributed by atoms with Crippen LogP contribution in [0.2, 0.25) is 0 Å². The summed E-state index contributed by atoms with van der Waals surface area (Å²) in [6.07, 6.45) is 4.41. The number of halogens is 1. The first-order valence-electron chi connectivity index (χ1n) is 10.3. The van der Waals surface area contributed by atoms with Crippen molar-refractivity contribution in [3.63, 3.8) is 0 Å². The molecule has 1 saturated carbocycles. The lowest BCUT2D eigenvalue weighted by Gasteiger charge is -2.29. The number of hydrogen-bond donors (Lipinski definition) is 0. The van der Waals surface area contributed by atoms with Crippen LogP contribution in [0.15, 0.2) is 36.4 Å². The standard InChI is InChI=1S/C25H29FO2/c1-4-20-13-16(2)12-17(3)24(20)25-22(27)14-19(15-23(25)28)7-5-6-18-8-10-21(26)11-9-18/h8-13,19,25H,4-7,14-15H2,1-3H3. The average Bonchev–Trinajstić information content (AvgIpc) is 2.64. The van der Waals surface area contributed by atoms with E-state index in [1.54, 1.807) is 12.1 Å². The molecule has 1 fully saturated rings. The molecule has 0 amide bonds. The highest BCUT2D eigenvalue weighted by Gasteiger charge is 2.37. The third-order valence-electron chi connectivity index (χ3n) is 5.90. The van der Waals surface area contributed by atoms with E-state index >= 15 is 0 Å². The maximum atomic E-state index is 13.0. The van der Waals surface area contributed by atoms with E-state index in [4.69, 9.17) is 0 Å². The molecule has 148 valence electrons. The molecule has 0 aliphatic heterocycles. The lowest BCUT2D eigenvalue weighted by atomic mass is 9.72. The normalized spacial score (nSPS) is 19.9. The van der Waals surface area contributed by atoms with Crippen molar-refractivity contribution in [2.45, 2.75) is 65.2 Å². The SMILES string of the molecule is CCc1cc(C)cc(C)c1C1C(=O)CC(CCCc2ccc(F)cc2)CC1=O. The van der Waals surface area contributed by atoms with Gasteiger partial charge in [0.15, 0.2) is 0 Å². The van der Waals surface area contributed by atoms with E-state index in [1.807, 2.05) is 6.92 Å². The van der Waals surface area contributed by atoms with E-state index in [9.17, 15) is 14.0 Å². The molecule has 28 heavy (non-hydrogen) atoms. The van der Waals surface area contributed by atoms with Crippen LogP contribution in [-0.4, -0.2) is 11.6 Å². The second-order valence-electron chi connectivity index (χ2n) is 8.17. The van der Waals surface area contributed by atoms with Crippen LogP contribution in [0.1, 0.15) is 66.3 Å². The van der Waals surface area contributed by atoms with E-state index in [0.717, 1.165) is 47.9 Å². The van der Waals surface area contributed by atoms with Crippen molar-refractivity contribution < 1.29 is 14.0 Å². The predicted octanol–water partition coefficient (Wildman–Crippen LogP) is 5.66. The second kappa shape index (κ2) is 8.81. The highest BCUT2D eigenvalue weighted by molar-refractivity contribution is 6.10. The molecule has 0 radical (unpaired) electrons. The van der Waals surface area contributed by atoms with Crippen molar-refractivity contribution in [1.82, 2.24) is 0 Å². The Morgan fingerprint density at radius 2 is 1.64 bits per heavy atom. The second-order valence-corrected chi connectivity index (χ2v) is 8.17. The van der Waals surface area contributed by atoms with Crippen molar-refractivity contribution in [2.24, 2.45) is 5.92 Å². The first-order chi connectivity index (χ1) is 13.4. The van der Waals surface area contributed by atoms with Crippen LogP contribution >= 0.6 is 0 Å². The van der Waals surface area contributed by atoms with Gasteiger partial charge >= 0.3 is 0 Å². The molecule has 0 aromatic heterocycles. The molecule has 0 unspecified atom stereocenters. The van der Waals surface area contributed by atoms with Gasteiger partial charge in [-0.2, -0.15) is 0 Å². The summed E-state index contributed by atoms with van der Waals surface area (Å²) in [5, 5.41) is 0. The molecule has 0 saturated heterocycles. The average molecular weight is 381 g/mol. The number of carbonyl (C=O) groups excluding carboxylic acids is 2. The van der Waals surface area contributed by atoms with Gasteiger partial charge < -0.3 is 0 Å². The first-order valence-corrected chi connectivity index (χ1v) is 10.3. The Morgan fingerprint density at radius 1 is 1.00 bits per heavy atom. The number of carbonyl (C=O) groups is 2. The molecule has 1 aliphatic carbocycles. The molecule has 1 aliphatic rings. The van der Waals surface area contributed by atoms with Gasteiger partial charge in [0, 0.05) is 12.8 Å². The van der Waals surface area contributed by atoms with Crippen molar-refractivity contribution in [3.8, 4) is 0 Å². The number of hydrogen-bond acceptors (Lipinski definition) is 2. The van der Waals surface area contributed by atoms with Gasteiger partial charge in [-0.1, -0.05) is 36.8 Å². The van der Waals surface area contributed by atoms with Crippen LogP contribution < -0.4 is 0 Å². The van der Waals surface area contributed by atoms with Gasteiger partial charge in [-0.25, -0.2) is 4.39 Å². The van der Waals surface area contributed by atoms with E-state index in [1.165, 1.54) is 17.7 Å². The van der Waals surface area contributed by atoms with Crippen LogP contribution in [0.4, 0.5) is 4.39 Å². The third-order valence-corrected chi connectivity index (χ3v) is 5.90. The number of Topliss-reactive ketones (excluding diaryl/α,β-unsaturated/α-hetero) is 2. The quantitative estimate of drug-likeness (QED) is 0.606. The summed E-state index contributed by atoms with van der Waals surface area (Å²) in [5.41, 5.74) is 5.40. The summed E-state index contributed by atoms with van der Waals surface area (Å²) in [5.74, 6) is -0.526. The molecular weight excluding hydrogens is 351 g/mol. The fourth-order valence-electron chi connectivity index (χ4n) is 4.60. The molecule has 2 aromatic rings. The van der Waals surface area contributed by atoms with E-state index in [-0.39, 0.29) is 23.3 Å². The molecule has 2 aromatic carbocycles. The summed E-state index contributed by atoms with van der Waals surface area (Å²) < 4.78 is 13.0. The number of rotatable bonds is 6. The van der Waals surface area contributed by atoms with E-state index in [0.29, 0.717) is 12.8 Å². The van der Waals surface area contributed by atoms with Crippen LogP contribution in [-0.2, 0) is 22.4 Å². The van der Waals surface area contributed by atoms with Crippen molar-refractivity contribution in [1.29, 1.82) is 0 Å². The van der Waals surface area contributed by atoms with Gasteiger partial charge in [0.25, 0.3) is 0 Å². The Balaban J connectivity index is 1.65. The zero-order valence-electron chi connectivity index (χ0n) is 17.1. The fourth-order valence-corrected chi connectivity index (χ4v) is 4.60. The Bertz CT molecular complexity index is 849. The van der Waals surface area contributed by atoms with Crippen LogP contribution in [0.5, 0.6) is 0 Å². The Labute approximate surface area is 167 Å². The lowest BCUT2D eigenvalue weighted by molar-refractivity contribution is -0.133. The van der Waals surface area contributed by atoms with Gasteiger partial charge in [-0.3, -0.25) is 9.59 Å². The highest BCUT2D eigenvalue weighted by atomic mass is 19.1. The third kappa shape index (κ3) is 4.57. The summed E-state index contributed by atoms with van der Waals surface area (Å²) in [4.78, 5) is 25.9. The van der Waals surface area contributed by atoms with Crippen molar-refractivity contribution in [3.05, 3.63) is 70.0 Å². The minimum Gasteiger partial charge on any atom is -0.299 e. The maximum absolute atomic E-state index is 13.0. The maximum Gasteiger partial charge on any atom is 0.148 e. The molecule has 0 spiro atoms. The molecule has 3 heteroatoms. The Morgan fingerprint density at radius 3 is 2.25 bits per heavy atom. The molecule has 3 rings (SSSR count). The Kier molecular flexibility index (Phi) is 6.43. The monoisotopic (exact) mass is 380 g/mol. The van der Waals surface area contributed by atoms with Crippen molar-refractivity contribution >= 4 is 11.6 Å². The summed E-state index contributed by atoms with van der Waals surface area (Å²) in [7, 11) is 0. The highest BCUT2D eigenvalue weighted by Crippen LogP contribution is 2.36. The van der Waals surface area contributed by atoms with Crippen LogP contribution in [0.25, 0.3) is 0 Å². The lowest BCUT2D eigenvalue weighted by Crippen LogP contribution is -2.33. The van der Waals surface area contributed by atoms with Gasteiger partial charge in [0.05, 0.1) is 0 Å². The fraction of sp³-hybridized carbons (Fsp3) is 0.440. The summed E-state index contributed by atoms with van der Waals surface area (Å²) in [6, 6.07) is 10.7. The van der Waals surface area contributed by atoms with Gasteiger partial charge in [0.2, 0.25) is 0 Å². The summed E-state index contributed by atoms with van der Waals surface area (Å²) >= 11 is 0. The Hall–Kier alpha value is -2.29. The number of aryl methyl sites for hydroxylation is 4. The van der Waals surface area contributed by atoms with Crippen LogP contribution in [0.3, 0.4) is 0 Å². The molecule has 0 atom stereocenters. The molecule has 2 nitrogen and oxygen atoms in total. The zero-order valence-corrected chi connectivity index (χ0v) is 17.1. The van der Waals surface area contributed by atoms with Gasteiger partial charge in [-0.05, 0) is 79.8 Å². The largest absolute Gasteiger partial charge is 0.299 e.